The van der Waals surface area contributed by atoms with E-state index in [1.165, 1.54) is 24.1 Å². The number of rotatable bonds is 8. The van der Waals surface area contributed by atoms with Gasteiger partial charge < -0.3 is 15.0 Å². The maximum atomic E-state index is 12.5. The third-order valence-electron chi connectivity index (χ3n) is 4.74. The second-order valence-corrected chi connectivity index (χ2v) is 6.38. The number of alkyl halides is 2. The lowest BCUT2D eigenvalue weighted by Gasteiger charge is -2.24. The van der Waals surface area contributed by atoms with Crippen LogP contribution in [0.15, 0.2) is 24.3 Å². The third kappa shape index (κ3) is 4.53. The van der Waals surface area contributed by atoms with Crippen molar-refractivity contribution in [2.75, 3.05) is 13.6 Å². The Morgan fingerprint density at radius 1 is 1.22 bits per heavy atom. The molecule has 27 heavy (non-hydrogen) atoms. The zero-order chi connectivity index (χ0) is 20.2. The highest BCUT2D eigenvalue weighted by Gasteiger charge is 2.49. The number of carbonyl (C=O) groups is 3. The normalized spacial score (nSPS) is 15.9. The molecular formula is C18H23F2N3O4. The highest BCUT2D eigenvalue weighted by atomic mass is 19.3. The number of benzene rings is 1. The van der Waals surface area contributed by atoms with E-state index in [1.807, 2.05) is 0 Å². The van der Waals surface area contributed by atoms with Crippen LogP contribution in [0.25, 0.3) is 0 Å². The molecule has 4 amide bonds. The van der Waals surface area contributed by atoms with E-state index in [9.17, 15) is 23.2 Å². The van der Waals surface area contributed by atoms with Gasteiger partial charge in [0.15, 0.2) is 0 Å². The van der Waals surface area contributed by atoms with Crippen LogP contribution in [0, 0.1) is 0 Å². The van der Waals surface area contributed by atoms with E-state index in [0.29, 0.717) is 18.4 Å². The van der Waals surface area contributed by atoms with Crippen molar-refractivity contribution in [1.82, 2.24) is 15.1 Å². The second kappa shape index (κ2) is 8.32. The zero-order valence-corrected chi connectivity index (χ0v) is 15.5. The lowest BCUT2D eigenvalue weighted by molar-refractivity contribution is -0.138. The fourth-order valence-electron chi connectivity index (χ4n) is 2.94. The first-order valence-corrected chi connectivity index (χ1v) is 8.64. The first-order valence-electron chi connectivity index (χ1n) is 8.64. The molecule has 0 unspecified atom stereocenters. The van der Waals surface area contributed by atoms with Gasteiger partial charge in [0.05, 0.1) is 0 Å². The van der Waals surface area contributed by atoms with Gasteiger partial charge in [-0.25, -0.2) is 4.79 Å². The number of amides is 4. The average Bonchev–Trinajstić information content (AvgIpc) is 2.87. The van der Waals surface area contributed by atoms with Gasteiger partial charge in [-0.15, -0.1) is 0 Å². The maximum absolute atomic E-state index is 12.5. The summed E-state index contributed by atoms with van der Waals surface area (Å²) in [5.41, 5.74) is -0.252. The zero-order valence-electron chi connectivity index (χ0n) is 15.5. The number of hydrogen-bond acceptors (Lipinski definition) is 4. The van der Waals surface area contributed by atoms with Gasteiger partial charge in [-0.05, 0) is 30.5 Å². The number of imide groups is 1. The van der Waals surface area contributed by atoms with Crippen molar-refractivity contribution in [3.8, 4) is 5.75 Å². The summed E-state index contributed by atoms with van der Waals surface area (Å²) in [5, 5.41) is 2.67. The van der Waals surface area contributed by atoms with Crippen LogP contribution in [-0.4, -0.2) is 53.4 Å². The minimum Gasteiger partial charge on any atom is -0.435 e. The number of urea groups is 1. The number of nitrogens with one attached hydrogen (secondary N) is 1. The van der Waals surface area contributed by atoms with E-state index in [1.54, 1.807) is 26.0 Å². The molecule has 1 saturated heterocycles. The molecule has 0 saturated carbocycles. The minimum absolute atomic E-state index is 0.0255. The molecule has 9 heteroatoms. The largest absolute Gasteiger partial charge is 0.435 e. The van der Waals surface area contributed by atoms with Gasteiger partial charge in [0.1, 0.15) is 17.8 Å². The molecule has 7 nitrogen and oxygen atoms in total. The number of halogens is 2. The molecule has 2 rings (SSSR count). The van der Waals surface area contributed by atoms with Crippen molar-refractivity contribution in [2.24, 2.45) is 0 Å². The van der Waals surface area contributed by atoms with Crippen LogP contribution < -0.4 is 10.1 Å². The molecule has 0 radical (unpaired) electrons. The van der Waals surface area contributed by atoms with Crippen molar-refractivity contribution >= 4 is 17.8 Å². The molecule has 1 aliphatic heterocycles. The summed E-state index contributed by atoms with van der Waals surface area (Å²) >= 11 is 0. The molecule has 0 atom stereocenters. The standard InChI is InChI=1S/C18H23F2N3O4/c1-4-18(5-2)15(25)23(17(26)21-18)11-14(24)22(3)10-12-6-8-13(9-7-12)27-16(19)20/h6-9,16H,4-5,10-11H2,1-3H3,(H,21,26). The van der Waals surface area contributed by atoms with Gasteiger partial charge in [-0.2, -0.15) is 8.78 Å². The first kappa shape index (κ1) is 20.6. The van der Waals surface area contributed by atoms with E-state index in [4.69, 9.17) is 0 Å². The quantitative estimate of drug-likeness (QED) is 0.699. The van der Waals surface area contributed by atoms with Crippen LogP contribution in [0.2, 0.25) is 0 Å². The highest BCUT2D eigenvalue weighted by molar-refractivity contribution is 6.08. The summed E-state index contributed by atoms with van der Waals surface area (Å²) in [4.78, 5) is 39.4. The Balaban J connectivity index is 1.97. The Morgan fingerprint density at radius 3 is 2.30 bits per heavy atom. The van der Waals surface area contributed by atoms with Crippen molar-refractivity contribution in [1.29, 1.82) is 0 Å². The maximum Gasteiger partial charge on any atom is 0.387 e. The van der Waals surface area contributed by atoms with Gasteiger partial charge in [0.2, 0.25) is 5.91 Å². The second-order valence-electron chi connectivity index (χ2n) is 6.38. The molecule has 0 bridgehead atoms. The molecule has 1 aromatic carbocycles. The Morgan fingerprint density at radius 2 is 1.81 bits per heavy atom. The number of nitrogens with zero attached hydrogens (tertiary/aromatic N) is 2. The molecule has 1 heterocycles. The van der Waals surface area contributed by atoms with Gasteiger partial charge >= 0.3 is 12.6 Å². The predicted octanol–water partition coefficient (Wildman–Crippen LogP) is 2.36. The molecule has 1 fully saturated rings. The number of carbonyl (C=O) groups excluding carboxylic acids is 3. The van der Waals surface area contributed by atoms with Crippen molar-refractivity contribution in [2.45, 2.75) is 45.4 Å². The first-order chi connectivity index (χ1) is 12.7. The summed E-state index contributed by atoms with van der Waals surface area (Å²) in [6, 6.07) is 5.32. The van der Waals surface area contributed by atoms with Crippen molar-refractivity contribution in [3.63, 3.8) is 0 Å². The van der Waals surface area contributed by atoms with Crippen LogP contribution in [0.3, 0.4) is 0 Å². The number of ether oxygens (including phenoxy) is 1. The fourth-order valence-corrected chi connectivity index (χ4v) is 2.94. The SMILES string of the molecule is CCC1(CC)NC(=O)N(CC(=O)N(C)Cc2ccc(OC(F)F)cc2)C1=O. The van der Waals surface area contributed by atoms with Gasteiger partial charge in [-0.1, -0.05) is 26.0 Å². The number of likely N-dealkylation sites (N-methyl/N-ethyl adjacent to an activating group) is 1. The lowest BCUT2D eigenvalue weighted by Crippen LogP contribution is -2.46. The Labute approximate surface area is 156 Å². The minimum atomic E-state index is -2.90. The predicted molar refractivity (Wildman–Crippen MR) is 93.1 cm³/mol. The monoisotopic (exact) mass is 383 g/mol. The molecule has 1 aliphatic rings. The molecule has 1 N–H and O–H groups in total. The van der Waals surface area contributed by atoms with Gasteiger partial charge in [0.25, 0.3) is 5.91 Å². The van der Waals surface area contributed by atoms with Crippen molar-refractivity contribution < 1.29 is 27.9 Å². The number of hydrogen-bond donors (Lipinski definition) is 1. The Hall–Kier alpha value is -2.71. The summed E-state index contributed by atoms with van der Waals surface area (Å²) < 4.78 is 28.6. The van der Waals surface area contributed by atoms with Gasteiger partial charge in [-0.3, -0.25) is 14.5 Å². The lowest BCUT2D eigenvalue weighted by atomic mass is 9.93. The van der Waals surface area contributed by atoms with E-state index in [2.05, 4.69) is 10.1 Å². The molecule has 148 valence electrons. The summed E-state index contributed by atoms with van der Waals surface area (Å²) in [7, 11) is 1.54. The van der Waals surface area contributed by atoms with Crippen molar-refractivity contribution in [3.05, 3.63) is 29.8 Å². The Bertz CT molecular complexity index is 705. The van der Waals surface area contributed by atoms with Crippen LogP contribution >= 0.6 is 0 Å². The molecule has 0 aromatic heterocycles. The van der Waals surface area contributed by atoms with E-state index >= 15 is 0 Å². The highest BCUT2D eigenvalue weighted by Crippen LogP contribution is 2.25. The van der Waals surface area contributed by atoms with Gasteiger partial charge in [0, 0.05) is 13.6 Å². The average molecular weight is 383 g/mol. The topological polar surface area (TPSA) is 79.0 Å². The van der Waals surface area contributed by atoms with E-state index in [0.717, 1.165) is 4.90 Å². The molecule has 0 aliphatic carbocycles. The van der Waals surface area contributed by atoms with E-state index < -0.39 is 30.0 Å². The fraction of sp³-hybridized carbons (Fsp3) is 0.500. The summed E-state index contributed by atoms with van der Waals surface area (Å²) in [6.07, 6.45) is 0.892. The smallest absolute Gasteiger partial charge is 0.387 e. The van der Waals surface area contributed by atoms with Crippen LogP contribution in [0.4, 0.5) is 13.6 Å². The summed E-state index contributed by atoms with van der Waals surface area (Å²) in [5.74, 6) is -0.778. The Kier molecular flexibility index (Phi) is 6.35. The molecule has 0 spiro atoms. The summed E-state index contributed by atoms with van der Waals surface area (Å²) in [6.45, 7) is 0.559. The van der Waals surface area contributed by atoms with Crippen LogP contribution in [0.1, 0.15) is 32.3 Å². The van der Waals surface area contributed by atoms with Crippen LogP contribution in [-0.2, 0) is 16.1 Å². The van der Waals surface area contributed by atoms with E-state index in [-0.39, 0.29) is 18.8 Å². The third-order valence-corrected chi connectivity index (χ3v) is 4.74. The molecule has 1 aromatic rings. The van der Waals surface area contributed by atoms with Crippen LogP contribution in [0.5, 0.6) is 5.75 Å². The molecular weight excluding hydrogens is 360 g/mol.